The first-order valence-electron chi connectivity index (χ1n) is 8.10. The van der Waals surface area contributed by atoms with Crippen LogP contribution in [0, 0.1) is 0 Å². The van der Waals surface area contributed by atoms with Gasteiger partial charge >= 0.3 is 0 Å². The summed E-state index contributed by atoms with van der Waals surface area (Å²) < 4.78 is 7.61. The standard InChI is InChI=1S/C16H23N5O2S/c1-19(2)7-8-23-11-14-15-10-20(5-3-6-21(15)18-17-14)16(22)13-4-9-24-12-13/h4,9,12H,3,5-8,10-11H2,1-2H3. The molecule has 0 atom stereocenters. The molecule has 1 aliphatic heterocycles. The zero-order valence-corrected chi connectivity index (χ0v) is 15.0. The van der Waals surface area contributed by atoms with Gasteiger partial charge in [0.2, 0.25) is 0 Å². The van der Waals surface area contributed by atoms with E-state index >= 15 is 0 Å². The van der Waals surface area contributed by atoms with Gasteiger partial charge in [-0.25, -0.2) is 4.68 Å². The maximum Gasteiger partial charge on any atom is 0.255 e. The van der Waals surface area contributed by atoms with E-state index in [9.17, 15) is 4.79 Å². The zero-order chi connectivity index (χ0) is 16.9. The van der Waals surface area contributed by atoms with Crippen LogP contribution < -0.4 is 0 Å². The normalized spacial score (nSPS) is 14.7. The third kappa shape index (κ3) is 4.00. The van der Waals surface area contributed by atoms with E-state index in [0.29, 0.717) is 19.8 Å². The summed E-state index contributed by atoms with van der Waals surface area (Å²) in [4.78, 5) is 16.6. The van der Waals surface area contributed by atoms with Gasteiger partial charge in [0.15, 0.2) is 0 Å². The molecule has 2 aromatic rings. The lowest BCUT2D eigenvalue weighted by Crippen LogP contribution is -2.30. The molecule has 0 radical (unpaired) electrons. The van der Waals surface area contributed by atoms with Crippen LogP contribution in [0.4, 0.5) is 0 Å². The van der Waals surface area contributed by atoms with Crippen LogP contribution in [0.5, 0.6) is 0 Å². The first kappa shape index (κ1) is 17.1. The highest BCUT2D eigenvalue weighted by atomic mass is 32.1. The number of amides is 1. The van der Waals surface area contributed by atoms with Crippen LogP contribution in [0.2, 0.25) is 0 Å². The Labute approximate surface area is 145 Å². The molecule has 0 aromatic carbocycles. The summed E-state index contributed by atoms with van der Waals surface area (Å²) in [5.41, 5.74) is 2.57. The molecule has 1 amide bonds. The highest BCUT2D eigenvalue weighted by Gasteiger charge is 2.24. The van der Waals surface area contributed by atoms with Crippen LogP contribution in [-0.2, 0) is 24.4 Å². The number of thiophene rings is 1. The third-order valence-electron chi connectivity index (χ3n) is 4.03. The number of aromatic nitrogens is 3. The molecule has 7 nitrogen and oxygen atoms in total. The van der Waals surface area contributed by atoms with Gasteiger partial charge in [0.1, 0.15) is 5.69 Å². The predicted octanol–water partition coefficient (Wildman–Crippen LogP) is 1.46. The van der Waals surface area contributed by atoms with Crippen LogP contribution >= 0.6 is 11.3 Å². The van der Waals surface area contributed by atoms with Crippen molar-refractivity contribution in [1.82, 2.24) is 24.8 Å². The molecule has 24 heavy (non-hydrogen) atoms. The minimum Gasteiger partial charge on any atom is -0.374 e. The molecule has 0 fully saturated rings. The molecule has 0 saturated carbocycles. The smallest absolute Gasteiger partial charge is 0.255 e. The summed E-state index contributed by atoms with van der Waals surface area (Å²) in [6.07, 6.45) is 0.882. The Morgan fingerprint density at radius 2 is 2.29 bits per heavy atom. The zero-order valence-electron chi connectivity index (χ0n) is 14.1. The monoisotopic (exact) mass is 349 g/mol. The fourth-order valence-corrected chi connectivity index (χ4v) is 3.29. The Hall–Kier alpha value is -1.77. The fourth-order valence-electron chi connectivity index (χ4n) is 2.66. The van der Waals surface area contributed by atoms with Crippen molar-refractivity contribution in [2.24, 2.45) is 0 Å². The number of rotatable bonds is 6. The summed E-state index contributed by atoms with van der Waals surface area (Å²) in [6.45, 7) is 4.01. The molecule has 0 aliphatic carbocycles. The number of fused-ring (bicyclic) bond motifs is 1. The average molecular weight is 349 g/mol. The van der Waals surface area contributed by atoms with Gasteiger partial charge < -0.3 is 14.5 Å². The van der Waals surface area contributed by atoms with Crippen molar-refractivity contribution in [2.75, 3.05) is 33.8 Å². The van der Waals surface area contributed by atoms with E-state index < -0.39 is 0 Å². The molecular weight excluding hydrogens is 326 g/mol. The quantitative estimate of drug-likeness (QED) is 0.739. The van der Waals surface area contributed by atoms with E-state index in [2.05, 4.69) is 15.2 Å². The second-order valence-corrected chi connectivity index (χ2v) is 6.93. The molecule has 0 saturated heterocycles. The molecule has 3 rings (SSSR count). The van der Waals surface area contributed by atoms with Crippen molar-refractivity contribution in [3.63, 3.8) is 0 Å². The van der Waals surface area contributed by atoms with Gasteiger partial charge in [0.05, 0.1) is 31.0 Å². The van der Waals surface area contributed by atoms with Crippen molar-refractivity contribution < 1.29 is 9.53 Å². The highest BCUT2D eigenvalue weighted by Crippen LogP contribution is 2.18. The summed E-state index contributed by atoms with van der Waals surface area (Å²) >= 11 is 1.54. The van der Waals surface area contributed by atoms with E-state index in [1.54, 1.807) is 11.3 Å². The topological polar surface area (TPSA) is 63.5 Å². The molecule has 130 valence electrons. The summed E-state index contributed by atoms with van der Waals surface area (Å²) in [5, 5.41) is 12.3. The van der Waals surface area contributed by atoms with Gasteiger partial charge in [-0.15, -0.1) is 5.10 Å². The Kier molecular flexibility index (Phi) is 5.60. The van der Waals surface area contributed by atoms with Gasteiger partial charge in [-0.1, -0.05) is 5.21 Å². The molecule has 3 heterocycles. The summed E-state index contributed by atoms with van der Waals surface area (Å²) in [7, 11) is 4.03. The Balaban J connectivity index is 1.67. The first-order chi connectivity index (χ1) is 11.6. The van der Waals surface area contributed by atoms with Gasteiger partial charge in [0, 0.05) is 25.0 Å². The lowest BCUT2D eigenvalue weighted by Gasteiger charge is -2.19. The van der Waals surface area contributed by atoms with E-state index in [4.69, 9.17) is 4.74 Å². The van der Waals surface area contributed by atoms with Crippen molar-refractivity contribution in [3.8, 4) is 0 Å². The number of hydrogen-bond acceptors (Lipinski definition) is 6. The molecule has 8 heteroatoms. The maximum absolute atomic E-state index is 12.6. The van der Waals surface area contributed by atoms with Crippen LogP contribution in [0.25, 0.3) is 0 Å². The lowest BCUT2D eigenvalue weighted by molar-refractivity contribution is 0.0741. The SMILES string of the molecule is CN(C)CCOCc1nnn2c1CN(C(=O)c1ccsc1)CCC2. The van der Waals surface area contributed by atoms with Crippen molar-refractivity contribution in [3.05, 3.63) is 33.8 Å². The van der Waals surface area contributed by atoms with E-state index in [0.717, 1.165) is 43.0 Å². The van der Waals surface area contributed by atoms with Gasteiger partial charge in [-0.05, 0) is 32.0 Å². The maximum atomic E-state index is 12.6. The van der Waals surface area contributed by atoms with E-state index in [-0.39, 0.29) is 5.91 Å². The van der Waals surface area contributed by atoms with Gasteiger partial charge in [0.25, 0.3) is 5.91 Å². The first-order valence-corrected chi connectivity index (χ1v) is 9.04. The summed E-state index contributed by atoms with van der Waals surface area (Å²) in [6, 6.07) is 1.87. The van der Waals surface area contributed by atoms with E-state index in [1.165, 1.54) is 0 Å². The van der Waals surface area contributed by atoms with E-state index in [1.807, 2.05) is 40.5 Å². The van der Waals surface area contributed by atoms with Gasteiger partial charge in [-0.2, -0.15) is 11.3 Å². The largest absolute Gasteiger partial charge is 0.374 e. The minimum absolute atomic E-state index is 0.0744. The fraction of sp³-hybridized carbons (Fsp3) is 0.562. The number of ether oxygens (including phenoxy) is 1. The average Bonchev–Trinajstić information content (AvgIpc) is 3.17. The second-order valence-electron chi connectivity index (χ2n) is 6.15. The van der Waals surface area contributed by atoms with Crippen LogP contribution in [0.1, 0.15) is 28.2 Å². The molecule has 0 bridgehead atoms. The minimum atomic E-state index is 0.0744. The predicted molar refractivity (Wildman–Crippen MR) is 91.9 cm³/mol. The highest BCUT2D eigenvalue weighted by molar-refractivity contribution is 7.08. The number of carbonyl (C=O) groups excluding carboxylic acids is 1. The van der Waals surface area contributed by atoms with Crippen molar-refractivity contribution >= 4 is 17.2 Å². The molecule has 0 N–H and O–H groups in total. The third-order valence-corrected chi connectivity index (χ3v) is 4.72. The van der Waals surface area contributed by atoms with Crippen LogP contribution in [0.3, 0.4) is 0 Å². The molecule has 2 aromatic heterocycles. The number of hydrogen-bond donors (Lipinski definition) is 0. The number of aryl methyl sites for hydroxylation is 1. The number of carbonyl (C=O) groups is 1. The number of likely N-dealkylation sites (N-methyl/N-ethyl adjacent to an activating group) is 1. The molecular formula is C16H23N5O2S. The van der Waals surface area contributed by atoms with Crippen LogP contribution in [-0.4, -0.2) is 64.5 Å². The molecule has 0 unspecified atom stereocenters. The Morgan fingerprint density at radius 1 is 1.42 bits per heavy atom. The van der Waals surface area contributed by atoms with Crippen molar-refractivity contribution in [2.45, 2.75) is 26.1 Å². The molecule has 0 spiro atoms. The lowest BCUT2D eigenvalue weighted by atomic mass is 10.2. The Bertz CT molecular complexity index is 668. The second kappa shape index (κ2) is 7.87. The Morgan fingerprint density at radius 3 is 3.04 bits per heavy atom. The van der Waals surface area contributed by atoms with Crippen LogP contribution in [0.15, 0.2) is 16.8 Å². The summed E-state index contributed by atoms with van der Waals surface area (Å²) in [5.74, 6) is 0.0744. The van der Waals surface area contributed by atoms with Crippen molar-refractivity contribution in [1.29, 1.82) is 0 Å². The number of nitrogens with zero attached hydrogens (tertiary/aromatic N) is 5. The van der Waals surface area contributed by atoms with Gasteiger partial charge in [-0.3, -0.25) is 4.79 Å². The molecule has 1 aliphatic rings.